The van der Waals surface area contributed by atoms with Crippen LogP contribution >= 0.6 is 0 Å². The Labute approximate surface area is 125 Å². The molecule has 0 spiro atoms. The maximum absolute atomic E-state index is 11.8. The smallest absolute Gasteiger partial charge is 0.237 e. The van der Waals surface area contributed by atoms with Gasteiger partial charge in [0, 0.05) is 18.6 Å². The molecule has 4 nitrogen and oxygen atoms in total. The van der Waals surface area contributed by atoms with Crippen LogP contribution in [-0.2, 0) is 4.79 Å². The second-order valence-corrected chi connectivity index (χ2v) is 6.86. The van der Waals surface area contributed by atoms with Crippen LogP contribution in [0.5, 0.6) is 0 Å². The molecule has 20 heavy (non-hydrogen) atoms. The van der Waals surface area contributed by atoms with Gasteiger partial charge >= 0.3 is 0 Å². The Morgan fingerprint density at radius 2 is 1.80 bits per heavy atom. The van der Waals surface area contributed by atoms with E-state index in [1.165, 1.54) is 0 Å². The maximum Gasteiger partial charge on any atom is 0.237 e. The third-order valence-electron chi connectivity index (χ3n) is 3.82. The van der Waals surface area contributed by atoms with Gasteiger partial charge in [0.1, 0.15) is 0 Å². The van der Waals surface area contributed by atoms with E-state index in [1.807, 2.05) is 6.92 Å². The van der Waals surface area contributed by atoms with Gasteiger partial charge in [0.15, 0.2) is 0 Å². The quantitative estimate of drug-likeness (QED) is 0.648. The molecular formula is C16H35N3O. The predicted octanol–water partition coefficient (Wildman–Crippen LogP) is 2.37. The van der Waals surface area contributed by atoms with Crippen molar-refractivity contribution < 1.29 is 4.79 Å². The van der Waals surface area contributed by atoms with Gasteiger partial charge in [-0.2, -0.15) is 0 Å². The topological polar surface area (TPSA) is 58.4 Å². The molecule has 0 aromatic heterocycles. The van der Waals surface area contributed by atoms with E-state index in [-0.39, 0.29) is 5.91 Å². The van der Waals surface area contributed by atoms with Crippen LogP contribution in [-0.4, -0.2) is 41.5 Å². The van der Waals surface area contributed by atoms with Crippen molar-refractivity contribution in [2.75, 3.05) is 13.1 Å². The maximum atomic E-state index is 11.8. The van der Waals surface area contributed by atoms with Crippen LogP contribution in [0.15, 0.2) is 0 Å². The molecule has 0 rings (SSSR count). The number of nitrogens with two attached hydrogens (primary N) is 1. The minimum absolute atomic E-state index is 0.258. The number of carbonyl (C=O) groups excluding carboxylic acids is 1. The summed E-state index contributed by atoms with van der Waals surface area (Å²) in [6, 6.07) is 0.787. The Bertz CT molecular complexity index is 291. The highest BCUT2D eigenvalue weighted by atomic mass is 16.1. The zero-order valence-corrected chi connectivity index (χ0v) is 14.5. The van der Waals surface area contributed by atoms with E-state index in [0.717, 1.165) is 25.9 Å². The lowest BCUT2D eigenvalue weighted by Crippen LogP contribution is -2.57. The van der Waals surface area contributed by atoms with Crippen LogP contribution in [0.1, 0.15) is 61.3 Å². The first-order valence-corrected chi connectivity index (χ1v) is 7.94. The monoisotopic (exact) mass is 285 g/mol. The lowest BCUT2D eigenvalue weighted by atomic mass is 9.91. The third-order valence-corrected chi connectivity index (χ3v) is 3.82. The van der Waals surface area contributed by atoms with Gasteiger partial charge in [-0.1, -0.05) is 20.8 Å². The standard InChI is InChI=1S/C16H35N3O/c1-8-9-18-16(7,15(17)20)10-14(6)19(13(4)5)11-12(2)3/h12-14,18H,8-11H2,1-7H3,(H2,17,20). The highest BCUT2D eigenvalue weighted by Gasteiger charge is 2.34. The molecule has 0 aromatic rings. The average molecular weight is 285 g/mol. The fourth-order valence-electron chi connectivity index (χ4n) is 2.69. The van der Waals surface area contributed by atoms with Crippen molar-refractivity contribution in [2.45, 2.75) is 78.9 Å². The van der Waals surface area contributed by atoms with E-state index in [4.69, 9.17) is 5.73 Å². The van der Waals surface area contributed by atoms with Gasteiger partial charge in [-0.15, -0.1) is 0 Å². The lowest BCUT2D eigenvalue weighted by Gasteiger charge is -2.39. The van der Waals surface area contributed by atoms with E-state index >= 15 is 0 Å². The number of primary amides is 1. The molecule has 1 amide bonds. The Balaban J connectivity index is 4.86. The number of hydrogen-bond donors (Lipinski definition) is 2. The summed E-state index contributed by atoms with van der Waals surface area (Å²) in [6.07, 6.45) is 1.74. The van der Waals surface area contributed by atoms with E-state index in [0.29, 0.717) is 18.0 Å². The second kappa shape index (κ2) is 8.63. The SMILES string of the molecule is CCCNC(C)(CC(C)N(CC(C)C)C(C)C)C(N)=O. The van der Waals surface area contributed by atoms with Gasteiger partial charge in [-0.25, -0.2) is 0 Å². The van der Waals surface area contributed by atoms with Crippen molar-refractivity contribution in [1.82, 2.24) is 10.2 Å². The summed E-state index contributed by atoms with van der Waals surface area (Å²) in [5.74, 6) is 0.356. The number of nitrogens with one attached hydrogen (secondary N) is 1. The summed E-state index contributed by atoms with van der Waals surface area (Å²) < 4.78 is 0. The Morgan fingerprint density at radius 3 is 2.15 bits per heavy atom. The van der Waals surface area contributed by atoms with E-state index in [2.05, 4.69) is 51.8 Å². The first kappa shape index (κ1) is 19.4. The number of nitrogens with zero attached hydrogens (tertiary/aromatic N) is 1. The second-order valence-electron chi connectivity index (χ2n) is 6.86. The molecule has 0 fully saturated rings. The summed E-state index contributed by atoms with van der Waals surface area (Å²) in [6.45, 7) is 16.9. The Hall–Kier alpha value is -0.610. The first-order valence-electron chi connectivity index (χ1n) is 7.94. The number of hydrogen-bond acceptors (Lipinski definition) is 3. The zero-order valence-electron chi connectivity index (χ0n) is 14.5. The molecule has 2 unspecified atom stereocenters. The van der Waals surface area contributed by atoms with E-state index in [9.17, 15) is 4.79 Å². The fourth-order valence-corrected chi connectivity index (χ4v) is 2.69. The van der Waals surface area contributed by atoms with E-state index in [1.54, 1.807) is 0 Å². The highest BCUT2D eigenvalue weighted by Crippen LogP contribution is 2.19. The normalized spacial score (nSPS) is 16.7. The number of amides is 1. The first-order chi connectivity index (χ1) is 9.14. The summed E-state index contributed by atoms with van der Waals surface area (Å²) >= 11 is 0. The molecule has 0 aromatic carbocycles. The molecule has 4 heteroatoms. The summed E-state index contributed by atoms with van der Waals surface area (Å²) in [5.41, 5.74) is 4.99. The molecule has 0 saturated carbocycles. The molecule has 2 atom stereocenters. The van der Waals surface area contributed by atoms with Crippen LogP contribution in [0.3, 0.4) is 0 Å². The minimum Gasteiger partial charge on any atom is -0.368 e. The summed E-state index contributed by atoms with van der Waals surface area (Å²) in [7, 11) is 0. The third kappa shape index (κ3) is 6.23. The van der Waals surface area contributed by atoms with Gasteiger partial charge in [0.25, 0.3) is 0 Å². The molecule has 0 bridgehead atoms. The van der Waals surface area contributed by atoms with Crippen molar-refractivity contribution in [2.24, 2.45) is 11.7 Å². The predicted molar refractivity (Wildman–Crippen MR) is 86.7 cm³/mol. The van der Waals surface area contributed by atoms with Crippen molar-refractivity contribution >= 4 is 5.91 Å². The molecule has 3 N–H and O–H groups in total. The van der Waals surface area contributed by atoms with Crippen LogP contribution in [0, 0.1) is 5.92 Å². The number of rotatable bonds is 10. The van der Waals surface area contributed by atoms with Gasteiger partial charge < -0.3 is 11.1 Å². The van der Waals surface area contributed by atoms with Crippen LogP contribution < -0.4 is 11.1 Å². The van der Waals surface area contributed by atoms with Crippen molar-refractivity contribution in [3.8, 4) is 0 Å². The molecule has 120 valence electrons. The van der Waals surface area contributed by atoms with E-state index < -0.39 is 5.54 Å². The van der Waals surface area contributed by atoms with Crippen LogP contribution in [0.25, 0.3) is 0 Å². The average Bonchev–Trinajstić information content (AvgIpc) is 2.32. The zero-order chi connectivity index (χ0) is 15.9. The van der Waals surface area contributed by atoms with Gasteiger partial charge in [0.2, 0.25) is 5.91 Å². The minimum atomic E-state index is -0.625. The molecule has 0 heterocycles. The Morgan fingerprint density at radius 1 is 1.25 bits per heavy atom. The van der Waals surface area contributed by atoms with Gasteiger partial charge in [-0.05, 0) is 53.0 Å². The molecule has 0 radical (unpaired) electrons. The van der Waals surface area contributed by atoms with Crippen LogP contribution in [0.2, 0.25) is 0 Å². The summed E-state index contributed by atoms with van der Waals surface area (Å²) in [5, 5.41) is 3.32. The van der Waals surface area contributed by atoms with Crippen LogP contribution in [0.4, 0.5) is 0 Å². The highest BCUT2D eigenvalue weighted by molar-refractivity contribution is 5.84. The molecule has 0 saturated heterocycles. The molecule has 0 aliphatic heterocycles. The van der Waals surface area contributed by atoms with Gasteiger partial charge in [0.05, 0.1) is 5.54 Å². The molecular weight excluding hydrogens is 250 g/mol. The molecule has 0 aliphatic carbocycles. The van der Waals surface area contributed by atoms with Gasteiger partial charge in [-0.3, -0.25) is 9.69 Å². The number of carbonyl (C=O) groups is 1. The fraction of sp³-hybridized carbons (Fsp3) is 0.938. The van der Waals surface area contributed by atoms with Crippen molar-refractivity contribution in [3.05, 3.63) is 0 Å². The Kier molecular flexibility index (Phi) is 8.36. The largest absolute Gasteiger partial charge is 0.368 e. The lowest BCUT2D eigenvalue weighted by molar-refractivity contribution is -0.124. The summed E-state index contributed by atoms with van der Waals surface area (Å²) in [4.78, 5) is 14.3. The molecule has 0 aliphatic rings. The van der Waals surface area contributed by atoms with Crippen molar-refractivity contribution in [3.63, 3.8) is 0 Å². The van der Waals surface area contributed by atoms with Crippen molar-refractivity contribution in [1.29, 1.82) is 0 Å².